The van der Waals surface area contributed by atoms with Crippen LogP contribution < -0.4 is 5.32 Å². The van der Waals surface area contributed by atoms with E-state index in [-0.39, 0.29) is 0 Å². The normalized spacial score (nSPS) is 11.5. The summed E-state index contributed by atoms with van der Waals surface area (Å²) in [6.07, 6.45) is 5.28. The molecule has 0 heterocycles. The Bertz CT molecular complexity index is 349. The first-order chi connectivity index (χ1) is 9.58. The van der Waals surface area contributed by atoms with Crippen molar-refractivity contribution in [1.82, 2.24) is 10.2 Å². The second kappa shape index (κ2) is 10.4. The highest BCUT2D eigenvalue weighted by molar-refractivity contribution is 9.10. The summed E-state index contributed by atoms with van der Waals surface area (Å²) in [6.45, 7) is 7.80. The molecule has 0 saturated heterocycles. The van der Waals surface area contributed by atoms with Gasteiger partial charge in [0.15, 0.2) is 0 Å². The maximum absolute atomic E-state index is 3.47. The number of nitrogens with one attached hydrogen (secondary N) is 1. The van der Waals surface area contributed by atoms with Crippen molar-refractivity contribution in [2.75, 3.05) is 20.1 Å². The van der Waals surface area contributed by atoms with Gasteiger partial charge in [-0.1, -0.05) is 54.8 Å². The van der Waals surface area contributed by atoms with Crippen LogP contribution in [-0.2, 0) is 6.54 Å². The lowest BCUT2D eigenvalue weighted by Crippen LogP contribution is -2.23. The molecule has 20 heavy (non-hydrogen) atoms. The van der Waals surface area contributed by atoms with Crippen molar-refractivity contribution in [3.63, 3.8) is 0 Å². The van der Waals surface area contributed by atoms with Gasteiger partial charge in [-0.2, -0.15) is 0 Å². The molecule has 1 N–H and O–H groups in total. The van der Waals surface area contributed by atoms with Crippen LogP contribution >= 0.6 is 15.9 Å². The van der Waals surface area contributed by atoms with Crippen LogP contribution in [-0.4, -0.2) is 31.1 Å². The number of nitrogens with zero attached hydrogens (tertiary/aromatic N) is 1. The maximum atomic E-state index is 3.47. The molecule has 0 unspecified atom stereocenters. The largest absolute Gasteiger partial charge is 0.315 e. The molecule has 0 amide bonds. The Morgan fingerprint density at radius 1 is 1.05 bits per heavy atom. The minimum Gasteiger partial charge on any atom is -0.315 e. The first-order valence-electron chi connectivity index (χ1n) is 7.74. The number of hydrogen-bond donors (Lipinski definition) is 1. The first-order valence-corrected chi connectivity index (χ1v) is 8.53. The van der Waals surface area contributed by atoms with E-state index in [4.69, 9.17) is 0 Å². The average molecular weight is 341 g/mol. The molecule has 0 aromatic heterocycles. The van der Waals surface area contributed by atoms with Gasteiger partial charge in [0.05, 0.1) is 0 Å². The van der Waals surface area contributed by atoms with Crippen LogP contribution in [0.2, 0.25) is 0 Å². The van der Waals surface area contributed by atoms with E-state index in [2.05, 4.69) is 71.3 Å². The molecule has 1 rings (SSSR count). The van der Waals surface area contributed by atoms with E-state index >= 15 is 0 Å². The summed E-state index contributed by atoms with van der Waals surface area (Å²) in [6, 6.07) is 9.23. The summed E-state index contributed by atoms with van der Waals surface area (Å²) in [4.78, 5) is 2.41. The molecular formula is C17H29BrN2. The molecule has 114 valence electrons. The number of halogens is 1. The van der Waals surface area contributed by atoms with Crippen LogP contribution in [0.4, 0.5) is 0 Å². The minimum absolute atomic E-state index is 0.618. The quantitative estimate of drug-likeness (QED) is 0.633. The Hall–Kier alpha value is -0.380. The van der Waals surface area contributed by atoms with Crippen molar-refractivity contribution in [3.8, 4) is 0 Å². The molecule has 1 aromatic carbocycles. The topological polar surface area (TPSA) is 15.3 Å². The van der Waals surface area contributed by atoms with Gasteiger partial charge in [-0.05, 0) is 50.7 Å². The molecule has 0 aliphatic carbocycles. The van der Waals surface area contributed by atoms with Crippen LogP contribution in [0.5, 0.6) is 0 Å². The molecular weight excluding hydrogens is 312 g/mol. The van der Waals surface area contributed by atoms with Crippen molar-refractivity contribution in [2.45, 2.75) is 52.1 Å². The van der Waals surface area contributed by atoms with E-state index in [1.165, 1.54) is 37.8 Å². The van der Waals surface area contributed by atoms with Crippen LogP contribution in [0.25, 0.3) is 0 Å². The lowest BCUT2D eigenvalue weighted by molar-refractivity contribution is 0.316. The fraction of sp³-hybridized carbons (Fsp3) is 0.647. The molecule has 0 saturated carbocycles. The molecule has 0 aliphatic rings. The maximum Gasteiger partial charge on any atom is 0.0230 e. The van der Waals surface area contributed by atoms with Gasteiger partial charge in [-0.25, -0.2) is 0 Å². The third kappa shape index (κ3) is 8.72. The molecule has 0 aliphatic heterocycles. The van der Waals surface area contributed by atoms with Crippen LogP contribution in [0, 0.1) is 0 Å². The number of unbranched alkanes of at least 4 members (excludes halogenated alkanes) is 3. The minimum atomic E-state index is 0.618. The lowest BCUT2D eigenvalue weighted by Gasteiger charge is -2.16. The van der Waals surface area contributed by atoms with E-state index in [9.17, 15) is 0 Å². The summed E-state index contributed by atoms with van der Waals surface area (Å²) in [5.41, 5.74) is 1.39. The molecule has 0 atom stereocenters. The number of rotatable bonds is 10. The lowest BCUT2D eigenvalue weighted by atomic mass is 10.1. The van der Waals surface area contributed by atoms with Crippen molar-refractivity contribution < 1.29 is 0 Å². The third-order valence-corrected chi connectivity index (χ3v) is 3.91. The first kappa shape index (κ1) is 17.7. The summed E-state index contributed by atoms with van der Waals surface area (Å²) in [7, 11) is 2.21. The Morgan fingerprint density at radius 2 is 1.70 bits per heavy atom. The second-order valence-electron chi connectivity index (χ2n) is 5.89. The zero-order chi connectivity index (χ0) is 14.8. The number of hydrogen-bond acceptors (Lipinski definition) is 2. The summed E-state index contributed by atoms with van der Waals surface area (Å²) in [5, 5.41) is 3.47. The molecule has 0 radical (unpaired) electrons. The van der Waals surface area contributed by atoms with E-state index < -0.39 is 0 Å². The Kier molecular flexibility index (Phi) is 9.16. The zero-order valence-electron chi connectivity index (χ0n) is 13.2. The Balaban J connectivity index is 2.03. The Labute approximate surface area is 133 Å². The summed E-state index contributed by atoms with van der Waals surface area (Å²) in [5.74, 6) is 0. The zero-order valence-corrected chi connectivity index (χ0v) is 14.7. The van der Waals surface area contributed by atoms with Crippen molar-refractivity contribution in [3.05, 3.63) is 34.3 Å². The highest BCUT2D eigenvalue weighted by atomic mass is 79.9. The van der Waals surface area contributed by atoms with Gasteiger partial charge in [0.25, 0.3) is 0 Å². The van der Waals surface area contributed by atoms with Crippen molar-refractivity contribution >= 4 is 15.9 Å². The molecule has 0 bridgehead atoms. The molecule has 0 spiro atoms. The predicted octanol–water partition coefficient (Wildman–Crippen LogP) is 4.44. The number of benzene rings is 1. The highest BCUT2D eigenvalue weighted by Gasteiger charge is 2.00. The SMILES string of the molecule is CC(C)NCCCCCCN(C)Cc1ccc(Br)cc1. The van der Waals surface area contributed by atoms with Crippen LogP contribution in [0.15, 0.2) is 28.7 Å². The molecule has 3 heteroatoms. The van der Waals surface area contributed by atoms with Gasteiger partial charge in [-0.15, -0.1) is 0 Å². The van der Waals surface area contributed by atoms with E-state index in [1.807, 2.05) is 0 Å². The standard InChI is InChI=1S/C17H29BrN2/c1-15(2)19-12-6-4-5-7-13-20(3)14-16-8-10-17(18)11-9-16/h8-11,15,19H,4-7,12-14H2,1-3H3. The highest BCUT2D eigenvalue weighted by Crippen LogP contribution is 2.12. The summed E-state index contributed by atoms with van der Waals surface area (Å²) >= 11 is 3.47. The van der Waals surface area contributed by atoms with Gasteiger partial charge in [0, 0.05) is 17.1 Å². The van der Waals surface area contributed by atoms with Crippen LogP contribution in [0.1, 0.15) is 45.1 Å². The van der Waals surface area contributed by atoms with Crippen LogP contribution in [0.3, 0.4) is 0 Å². The third-order valence-electron chi connectivity index (χ3n) is 3.38. The predicted molar refractivity (Wildman–Crippen MR) is 92.1 cm³/mol. The van der Waals surface area contributed by atoms with Gasteiger partial charge in [0.1, 0.15) is 0 Å². The van der Waals surface area contributed by atoms with Crippen molar-refractivity contribution in [1.29, 1.82) is 0 Å². The van der Waals surface area contributed by atoms with Gasteiger partial charge >= 0.3 is 0 Å². The molecule has 0 fully saturated rings. The van der Waals surface area contributed by atoms with E-state index in [1.54, 1.807) is 0 Å². The smallest absolute Gasteiger partial charge is 0.0230 e. The van der Waals surface area contributed by atoms with E-state index in [0.717, 1.165) is 17.6 Å². The van der Waals surface area contributed by atoms with E-state index in [0.29, 0.717) is 6.04 Å². The fourth-order valence-corrected chi connectivity index (χ4v) is 2.50. The second-order valence-corrected chi connectivity index (χ2v) is 6.80. The van der Waals surface area contributed by atoms with Crippen molar-refractivity contribution in [2.24, 2.45) is 0 Å². The molecule has 1 aromatic rings. The fourth-order valence-electron chi connectivity index (χ4n) is 2.23. The summed E-state index contributed by atoms with van der Waals surface area (Å²) < 4.78 is 1.15. The Morgan fingerprint density at radius 3 is 2.35 bits per heavy atom. The van der Waals surface area contributed by atoms with Gasteiger partial charge in [-0.3, -0.25) is 0 Å². The average Bonchev–Trinajstić information content (AvgIpc) is 2.40. The molecule has 2 nitrogen and oxygen atoms in total. The van der Waals surface area contributed by atoms with Gasteiger partial charge in [0.2, 0.25) is 0 Å². The monoisotopic (exact) mass is 340 g/mol. The van der Waals surface area contributed by atoms with Gasteiger partial charge < -0.3 is 10.2 Å².